The highest BCUT2D eigenvalue weighted by Crippen LogP contribution is 2.25. The number of fused-ring (bicyclic) bond motifs is 1. The largest absolute Gasteiger partial charge is 0.417 e. The Balaban J connectivity index is 1.33. The van der Waals surface area contributed by atoms with Crippen molar-refractivity contribution in [2.24, 2.45) is 0 Å². The SMILES string of the molecule is Cc1cnc(Nc2cnc(N3CCN(C)CC3)c(F)c2)nc1Nc1ccc2oc(=O)[nH]c2c1. The van der Waals surface area contributed by atoms with Gasteiger partial charge in [0.05, 0.1) is 17.4 Å². The van der Waals surface area contributed by atoms with Gasteiger partial charge in [0, 0.05) is 49.7 Å². The Morgan fingerprint density at radius 1 is 1.06 bits per heavy atom. The van der Waals surface area contributed by atoms with Gasteiger partial charge in [-0.05, 0) is 32.2 Å². The van der Waals surface area contributed by atoms with Gasteiger partial charge in [0.25, 0.3) is 0 Å². The zero-order chi connectivity index (χ0) is 22.9. The predicted octanol–water partition coefficient (Wildman–Crippen LogP) is 2.99. The molecule has 4 aromatic rings. The number of anilines is 5. The molecule has 0 radical (unpaired) electrons. The Morgan fingerprint density at radius 3 is 2.67 bits per heavy atom. The molecule has 0 amide bonds. The number of nitrogens with zero attached hydrogens (tertiary/aromatic N) is 5. The quantitative estimate of drug-likeness (QED) is 0.422. The second-order valence-electron chi connectivity index (χ2n) is 8.02. The molecule has 3 N–H and O–H groups in total. The van der Waals surface area contributed by atoms with E-state index >= 15 is 0 Å². The van der Waals surface area contributed by atoms with Crippen LogP contribution < -0.4 is 21.3 Å². The lowest BCUT2D eigenvalue weighted by Crippen LogP contribution is -2.45. The van der Waals surface area contributed by atoms with Gasteiger partial charge in [-0.1, -0.05) is 0 Å². The number of pyridine rings is 1. The summed E-state index contributed by atoms with van der Waals surface area (Å²) in [6.07, 6.45) is 3.24. The number of hydrogen-bond donors (Lipinski definition) is 3. The number of likely N-dealkylation sites (N-methyl/N-ethyl adjacent to an activating group) is 1. The first kappa shape index (κ1) is 20.9. The van der Waals surface area contributed by atoms with Gasteiger partial charge in [-0.25, -0.2) is 19.2 Å². The van der Waals surface area contributed by atoms with Crippen LogP contribution in [0.25, 0.3) is 11.1 Å². The minimum Gasteiger partial charge on any atom is -0.408 e. The van der Waals surface area contributed by atoms with Crippen molar-refractivity contribution in [2.75, 3.05) is 48.8 Å². The van der Waals surface area contributed by atoms with Gasteiger partial charge in [-0.2, -0.15) is 4.98 Å². The van der Waals surface area contributed by atoms with Crippen LogP contribution in [0.1, 0.15) is 5.56 Å². The Hall–Kier alpha value is -3.99. The normalized spacial score (nSPS) is 14.6. The van der Waals surface area contributed by atoms with Gasteiger partial charge in [-0.3, -0.25) is 4.98 Å². The van der Waals surface area contributed by atoms with E-state index in [0.29, 0.717) is 34.4 Å². The smallest absolute Gasteiger partial charge is 0.408 e. The van der Waals surface area contributed by atoms with E-state index in [9.17, 15) is 9.18 Å². The van der Waals surface area contributed by atoms with E-state index in [-0.39, 0.29) is 0 Å². The number of aromatic nitrogens is 4. The molecule has 3 aromatic heterocycles. The number of rotatable bonds is 5. The summed E-state index contributed by atoms with van der Waals surface area (Å²) in [6, 6.07) is 6.64. The van der Waals surface area contributed by atoms with Gasteiger partial charge in [0.15, 0.2) is 17.2 Å². The summed E-state index contributed by atoms with van der Waals surface area (Å²) in [5, 5.41) is 6.23. The van der Waals surface area contributed by atoms with E-state index in [1.54, 1.807) is 30.6 Å². The van der Waals surface area contributed by atoms with Gasteiger partial charge in [0.2, 0.25) is 5.95 Å². The number of piperazine rings is 1. The zero-order valence-electron chi connectivity index (χ0n) is 18.2. The molecule has 1 saturated heterocycles. The van der Waals surface area contributed by atoms with Gasteiger partial charge in [0.1, 0.15) is 5.82 Å². The van der Waals surface area contributed by atoms with E-state index in [4.69, 9.17) is 4.42 Å². The first-order valence-corrected chi connectivity index (χ1v) is 10.5. The van der Waals surface area contributed by atoms with Crippen LogP contribution in [0.2, 0.25) is 0 Å². The summed E-state index contributed by atoms with van der Waals surface area (Å²) in [7, 11) is 2.05. The topological polar surface area (TPSA) is 115 Å². The van der Waals surface area contributed by atoms with Crippen molar-refractivity contribution in [3.05, 3.63) is 58.6 Å². The molecule has 1 fully saturated rings. The highest BCUT2D eigenvalue weighted by atomic mass is 19.1. The third kappa shape index (κ3) is 4.48. The number of nitrogens with one attached hydrogen (secondary N) is 3. The summed E-state index contributed by atoms with van der Waals surface area (Å²) >= 11 is 0. The van der Waals surface area contributed by atoms with E-state index in [1.807, 2.05) is 11.8 Å². The van der Waals surface area contributed by atoms with Crippen LogP contribution in [0.3, 0.4) is 0 Å². The average Bonchev–Trinajstić information content (AvgIpc) is 3.16. The third-order valence-corrected chi connectivity index (χ3v) is 5.53. The molecule has 4 heterocycles. The lowest BCUT2D eigenvalue weighted by molar-refractivity contribution is 0.311. The number of oxazole rings is 1. The van der Waals surface area contributed by atoms with Crippen molar-refractivity contribution < 1.29 is 8.81 Å². The predicted molar refractivity (Wildman–Crippen MR) is 124 cm³/mol. The van der Waals surface area contributed by atoms with Crippen LogP contribution in [-0.2, 0) is 0 Å². The number of benzene rings is 1. The van der Waals surface area contributed by atoms with Crippen molar-refractivity contribution in [2.45, 2.75) is 6.92 Å². The maximum atomic E-state index is 14.8. The standard InChI is InChI=1S/C22H23FN8O2/c1-13-11-25-21(29-19(13)26-14-3-4-18-17(10-14)28-22(32)33-18)27-15-9-16(23)20(24-12-15)31-7-5-30(2)6-8-31/h3-4,9-12H,5-8H2,1-2H3,(H,28,32)(H2,25,26,27,29). The summed E-state index contributed by atoms with van der Waals surface area (Å²) in [6.45, 7) is 5.09. The highest BCUT2D eigenvalue weighted by molar-refractivity contribution is 5.78. The fourth-order valence-electron chi connectivity index (χ4n) is 3.67. The van der Waals surface area contributed by atoms with Crippen molar-refractivity contribution in [1.82, 2.24) is 24.8 Å². The second kappa shape index (κ2) is 8.51. The van der Waals surface area contributed by atoms with E-state index < -0.39 is 11.6 Å². The lowest BCUT2D eigenvalue weighted by Gasteiger charge is -2.33. The Bertz CT molecular complexity index is 1360. The van der Waals surface area contributed by atoms with Crippen molar-refractivity contribution in [3.8, 4) is 0 Å². The van der Waals surface area contributed by atoms with E-state index in [2.05, 4.69) is 42.5 Å². The van der Waals surface area contributed by atoms with E-state index in [1.165, 1.54) is 6.07 Å². The Kier molecular flexibility index (Phi) is 5.38. The molecule has 33 heavy (non-hydrogen) atoms. The maximum Gasteiger partial charge on any atom is 0.417 e. The van der Waals surface area contributed by atoms with E-state index in [0.717, 1.165) is 37.4 Å². The van der Waals surface area contributed by atoms with Crippen LogP contribution in [0.4, 0.5) is 33.3 Å². The molecular formula is C22H23FN8O2. The van der Waals surface area contributed by atoms with Crippen LogP contribution in [0.5, 0.6) is 0 Å². The maximum absolute atomic E-state index is 14.8. The summed E-state index contributed by atoms with van der Waals surface area (Å²) in [4.78, 5) is 31.3. The molecular weight excluding hydrogens is 427 g/mol. The summed E-state index contributed by atoms with van der Waals surface area (Å²) in [5.41, 5.74) is 3.05. The Morgan fingerprint density at radius 2 is 1.88 bits per heavy atom. The summed E-state index contributed by atoms with van der Waals surface area (Å²) < 4.78 is 19.8. The average molecular weight is 450 g/mol. The molecule has 0 aliphatic carbocycles. The fraction of sp³-hybridized carbons (Fsp3) is 0.273. The molecule has 10 nitrogen and oxygen atoms in total. The van der Waals surface area contributed by atoms with Crippen LogP contribution in [0.15, 0.2) is 45.9 Å². The minimum atomic E-state index is -0.508. The molecule has 0 bridgehead atoms. The molecule has 0 unspecified atom stereocenters. The van der Waals surface area contributed by atoms with Gasteiger partial charge in [-0.15, -0.1) is 0 Å². The van der Waals surface area contributed by atoms with Gasteiger partial charge < -0.3 is 24.9 Å². The van der Waals surface area contributed by atoms with Crippen LogP contribution in [-0.4, -0.2) is 58.1 Å². The number of H-pyrrole nitrogens is 1. The molecule has 5 rings (SSSR count). The molecule has 1 aromatic carbocycles. The molecule has 1 aliphatic rings. The number of aromatic amines is 1. The molecule has 11 heteroatoms. The zero-order valence-corrected chi connectivity index (χ0v) is 18.2. The number of aryl methyl sites for hydroxylation is 1. The minimum absolute atomic E-state index is 0.300. The Labute approximate surface area is 188 Å². The molecule has 0 saturated carbocycles. The van der Waals surface area contributed by atoms with Crippen molar-refractivity contribution in [1.29, 1.82) is 0 Å². The first-order chi connectivity index (χ1) is 15.9. The first-order valence-electron chi connectivity index (χ1n) is 10.5. The molecule has 0 atom stereocenters. The van der Waals surface area contributed by atoms with Crippen molar-refractivity contribution in [3.63, 3.8) is 0 Å². The molecule has 1 aliphatic heterocycles. The molecule has 170 valence electrons. The number of hydrogen-bond acceptors (Lipinski definition) is 9. The van der Waals surface area contributed by atoms with Crippen LogP contribution >= 0.6 is 0 Å². The fourth-order valence-corrected chi connectivity index (χ4v) is 3.67. The molecule has 0 spiro atoms. The number of halogens is 1. The van der Waals surface area contributed by atoms with Gasteiger partial charge >= 0.3 is 5.76 Å². The highest BCUT2D eigenvalue weighted by Gasteiger charge is 2.19. The van der Waals surface area contributed by atoms with Crippen LogP contribution in [0, 0.1) is 12.7 Å². The second-order valence-corrected chi connectivity index (χ2v) is 8.02. The lowest BCUT2D eigenvalue weighted by atomic mass is 10.2. The van der Waals surface area contributed by atoms with Crippen molar-refractivity contribution >= 4 is 40.1 Å². The summed E-state index contributed by atoms with van der Waals surface area (Å²) in [5.74, 6) is 0.326. The third-order valence-electron chi connectivity index (χ3n) is 5.53. The monoisotopic (exact) mass is 450 g/mol.